The molecule has 1 atom stereocenters. The van der Waals surface area contributed by atoms with E-state index in [0.717, 1.165) is 72.7 Å². The number of hydrogen-bond donors (Lipinski definition) is 0. The van der Waals surface area contributed by atoms with Gasteiger partial charge in [0.15, 0.2) is 0 Å². The largest absolute Gasteiger partial charge is 0.310 e. The van der Waals surface area contributed by atoms with Gasteiger partial charge in [0.05, 0.1) is 11.0 Å². The fourth-order valence-corrected chi connectivity index (χ4v) is 9.97. The lowest BCUT2D eigenvalue weighted by atomic mass is 9.89. The van der Waals surface area contributed by atoms with Crippen molar-refractivity contribution in [2.45, 2.75) is 5.92 Å². The summed E-state index contributed by atoms with van der Waals surface area (Å²) in [7, 11) is 0. The Labute approximate surface area is 382 Å². The minimum atomic E-state index is -0.282. The summed E-state index contributed by atoms with van der Waals surface area (Å²) in [5.74, 6) is -0.411. The molecule has 1 aliphatic rings. The van der Waals surface area contributed by atoms with Crippen LogP contribution in [0.5, 0.6) is 0 Å². The van der Waals surface area contributed by atoms with Crippen LogP contribution < -0.4 is 9.80 Å². The molecule has 11 aromatic rings. The van der Waals surface area contributed by atoms with Gasteiger partial charge in [-0.05, 0) is 160 Å². The zero-order valence-electron chi connectivity index (χ0n) is 35.8. The normalized spacial score (nSPS) is 12.8. The van der Waals surface area contributed by atoms with Crippen molar-refractivity contribution in [2.75, 3.05) is 9.80 Å². The first-order valence-electron chi connectivity index (χ1n) is 22.2. The highest BCUT2D eigenvalue weighted by Crippen LogP contribution is 2.50. The molecule has 1 aliphatic carbocycles. The topological polar surface area (TPSA) is 11.4 Å². The van der Waals surface area contributed by atoms with Crippen molar-refractivity contribution in [1.29, 1.82) is 0 Å². The fourth-order valence-electron chi connectivity index (χ4n) is 9.97. The Morgan fingerprint density at radius 3 is 1.41 bits per heavy atom. The Morgan fingerprint density at radius 1 is 0.333 bits per heavy atom. The Bertz CT molecular complexity index is 3530. The van der Waals surface area contributed by atoms with Crippen LogP contribution in [-0.4, -0.2) is 4.57 Å². The SMILES string of the molecule is Fc1ccc(N(c2ccc(-c3ccc(N(c4ccc(F)cc4)c4ccc5c(c4)c4ccccc4n5-c4ccccc4)cc3)cc2)c2ccc3c(c2)-c2ccccc2C3c2ccccc2)cc1. The molecule has 0 spiro atoms. The third-order valence-corrected chi connectivity index (χ3v) is 13.0. The van der Waals surface area contributed by atoms with E-state index in [1.165, 1.54) is 52.1 Å². The molecule has 1 heterocycles. The Hall–Kier alpha value is -8.54. The number of benzene rings is 10. The van der Waals surface area contributed by atoms with Gasteiger partial charge < -0.3 is 14.4 Å². The van der Waals surface area contributed by atoms with Gasteiger partial charge >= 0.3 is 0 Å². The van der Waals surface area contributed by atoms with E-state index in [0.29, 0.717) is 0 Å². The minimum absolute atomic E-state index is 0.149. The van der Waals surface area contributed by atoms with Crippen molar-refractivity contribution < 1.29 is 8.78 Å². The first kappa shape index (κ1) is 39.1. The molecule has 3 nitrogen and oxygen atoms in total. The summed E-state index contributed by atoms with van der Waals surface area (Å²) in [6.45, 7) is 0. The maximum atomic E-state index is 14.4. The highest BCUT2D eigenvalue weighted by atomic mass is 19.1. The van der Waals surface area contributed by atoms with Crippen LogP contribution in [0.25, 0.3) is 49.7 Å². The van der Waals surface area contributed by atoms with Crippen molar-refractivity contribution in [3.63, 3.8) is 0 Å². The summed E-state index contributed by atoms with van der Waals surface area (Å²) in [4.78, 5) is 4.37. The summed E-state index contributed by atoms with van der Waals surface area (Å²) in [5, 5.41) is 2.29. The van der Waals surface area contributed by atoms with E-state index in [9.17, 15) is 8.78 Å². The Kier molecular flexibility index (Phi) is 9.61. The predicted molar refractivity (Wildman–Crippen MR) is 268 cm³/mol. The maximum Gasteiger partial charge on any atom is 0.123 e. The van der Waals surface area contributed by atoms with E-state index in [4.69, 9.17) is 0 Å². The average molecular weight is 854 g/mol. The number of halogens is 2. The second kappa shape index (κ2) is 16.2. The summed E-state index contributed by atoms with van der Waals surface area (Å²) in [5.41, 5.74) is 17.3. The van der Waals surface area contributed by atoms with Crippen molar-refractivity contribution in [3.8, 4) is 27.9 Å². The average Bonchev–Trinajstić information content (AvgIpc) is 3.89. The highest BCUT2D eigenvalue weighted by Gasteiger charge is 2.30. The molecular weight excluding hydrogens is 813 g/mol. The van der Waals surface area contributed by atoms with E-state index >= 15 is 0 Å². The van der Waals surface area contributed by atoms with Crippen LogP contribution >= 0.6 is 0 Å². The summed E-state index contributed by atoms with van der Waals surface area (Å²) in [6.07, 6.45) is 0. The first-order valence-corrected chi connectivity index (χ1v) is 22.2. The van der Waals surface area contributed by atoms with Gasteiger partial charge in [-0.25, -0.2) is 8.78 Å². The standard InChI is InChI=1S/C61H41F2N3/c62-44-23-31-49(32-24-44)64(51-35-37-56-57(39-51)53-15-7-8-17-55(53)61(56)43-11-3-1-4-12-43)47-27-19-41(20-28-47)42-21-29-48(30-22-42)65(50-33-25-45(63)26-34-50)52-36-38-60-58(40-52)54-16-9-10-18-59(54)66(60)46-13-5-2-6-14-46/h1-40,61H. The third-order valence-electron chi connectivity index (χ3n) is 13.0. The van der Waals surface area contributed by atoms with Crippen LogP contribution in [0.3, 0.4) is 0 Å². The molecule has 0 aliphatic heterocycles. The number of para-hydroxylation sites is 2. The van der Waals surface area contributed by atoms with E-state index in [1.807, 2.05) is 30.3 Å². The lowest BCUT2D eigenvalue weighted by Gasteiger charge is -2.27. The molecule has 0 bridgehead atoms. The molecule has 0 fully saturated rings. The highest BCUT2D eigenvalue weighted by molar-refractivity contribution is 6.10. The molecule has 1 aromatic heterocycles. The lowest BCUT2D eigenvalue weighted by molar-refractivity contribution is 0.627. The van der Waals surface area contributed by atoms with Crippen molar-refractivity contribution >= 4 is 55.9 Å². The molecular formula is C61H41F2N3. The zero-order chi connectivity index (χ0) is 44.1. The van der Waals surface area contributed by atoms with Gasteiger partial charge in [-0.2, -0.15) is 0 Å². The lowest BCUT2D eigenvalue weighted by Crippen LogP contribution is -2.10. The van der Waals surface area contributed by atoms with Crippen LogP contribution in [0.2, 0.25) is 0 Å². The number of aromatic nitrogens is 1. The minimum Gasteiger partial charge on any atom is -0.310 e. The molecule has 0 saturated heterocycles. The predicted octanol–water partition coefficient (Wildman–Crippen LogP) is 16.8. The van der Waals surface area contributed by atoms with Crippen molar-refractivity contribution in [3.05, 3.63) is 271 Å². The van der Waals surface area contributed by atoms with Crippen LogP contribution in [0.15, 0.2) is 243 Å². The number of anilines is 6. The molecule has 5 heteroatoms. The molecule has 0 amide bonds. The molecule has 1 unspecified atom stereocenters. The fraction of sp³-hybridized carbons (Fsp3) is 0.0164. The van der Waals surface area contributed by atoms with E-state index < -0.39 is 0 Å². The number of nitrogens with zero attached hydrogens (tertiary/aromatic N) is 3. The molecule has 0 saturated carbocycles. The Morgan fingerprint density at radius 2 is 0.788 bits per heavy atom. The number of rotatable bonds is 9. The second-order valence-electron chi connectivity index (χ2n) is 16.8. The molecule has 12 rings (SSSR count). The van der Waals surface area contributed by atoms with Crippen LogP contribution in [0.4, 0.5) is 42.9 Å². The van der Waals surface area contributed by atoms with E-state index in [-0.39, 0.29) is 17.6 Å². The van der Waals surface area contributed by atoms with Crippen molar-refractivity contribution in [2.24, 2.45) is 0 Å². The van der Waals surface area contributed by atoms with Crippen molar-refractivity contribution in [1.82, 2.24) is 4.57 Å². The van der Waals surface area contributed by atoms with Gasteiger partial charge in [-0.3, -0.25) is 0 Å². The number of fused-ring (bicyclic) bond motifs is 6. The van der Waals surface area contributed by atoms with Crippen LogP contribution in [-0.2, 0) is 0 Å². The molecule has 10 aromatic carbocycles. The van der Waals surface area contributed by atoms with Gasteiger partial charge in [-0.1, -0.05) is 121 Å². The summed E-state index contributed by atoms with van der Waals surface area (Å²) >= 11 is 0. The van der Waals surface area contributed by atoms with E-state index in [2.05, 4.69) is 202 Å². The van der Waals surface area contributed by atoms with Crippen LogP contribution in [0.1, 0.15) is 22.6 Å². The first-order chi connectivity index (χ1) is 32.6. The van der Waals surface area contributed by atoms with Crippen LogP contribution in [0, 0.1) is 11.6 Å². The Balaban J connectivity index is 0.899. The third kappa shape index (κ3) is 6.81. The van der Waals surface area contributed by atoms with Gasteiger partial charge in [0, 0.05) is 56.5 Å². The van der Waals surface area contributed by atoms with Gasteiger partial charge in [0.25, 0.3) is 0 Å². The van der Waals surface area contributed by atoms with Gasteiger partial charge in [-0.15, -0.1) is 0 Å². The monoisotopic (exact) mass is 853 g/mol. The zero-order valence-corrected chi connectivity index (χ0v) is 35.8. The summed E-state index contributed by atoms with van der Waals surface area (Å²) in [6, 6.07) is 82.0. The maximum absolute atomic E-state index is 14.4. The quantitative estimate of drug-likeness (QED) is 0.143. The van der Waals surface area contributed by atoms with Gasteiger partial charge in [0.2, 0.25) is 0 Å². The van der Waals surface area contributed by atoms with E-state index in [1.54, 1.807) is 0 Å². The smallest absolute Gasteiger partial charge is 0.123 e. The molecule has 314 valence electrons. The second-order valence-corrected chi connectivity index (χ2v) is 16.8. The molecule has 66 heavy (non-hydrogen) atoms. The van der Waals surface area contributed by atoms with Gasteiger partial charge in [0.1, 0.15) is 11.6 Å². The summed E-state index contributed by atoms with van der Waals surface area (Å²) < 4.78 is 31.0. The number of hydrogen-bond acceptors (Lipinski definition) is 2. The molecule has 0 N–H and O–H groups in total. The molecule has 0 radical (unpaired) electrons.